The summed E-state index contributed by atoms with van der Waals surface area (Å²) in [5, 5.41) is 3.89. The van der Waals surface area contributed by atoms with Gasteiger partial charge in [0.2, 0.25) is 10.0 Å². The first-order valence-corrected chi connectivity index (χ1v) is 7.21. The van der Waals surface area contributed by atoms with Crippen LogP contribution in [0.3, 0.4) is 0 Å². The SMILES string of the molecule is CCCN(C1CC1)S(=O)(=O)c1cn(C)nc1N. The summed E-state index contributed by atoms with van der Waals surface area (Å²) in [4.78, 5) is 0.125. The van der Waals surface area contributed by atoms with Crippen molar-refractivity contribution in [2.45, 2.75) is 37.1 Å². The Kier molecular flexibility index (Phi) is 3.13. The van der Waals surface area contributed by atoms with E-state index in [-0.39, 0.29) is 16.8 Å². The molecule has 96 valence electrons. The Hall–Kier alpha value is -1.08. The molecule has 2 rings (SSSR count). The molecule has 6 nitrogen and oxygen atoms in total. The monoisotopic (exact) mass is 258 g/mol. The third-order valence-electron chi connectivity index (χ3n) is 2.81. The van der Waals surface area contributed by atoms with Crippen molar-refractivity contribution in [3.63, 3.8) is 0 Å². The van der Waals surface area contributed by atoms with Crippen LogP contribution < -0.4 is 5.73 Å². The zero-order valence-corrected chi connectivity index (χ0v) is 10.9. The minimum absolute atomic E-state index is 0.0780. The number of aromatic nitrogens is 2. The van der Waals surface area contributed by atoms with Crippen LogP contribution in [-0.4, -0.2) is 35.1 Å². The molecule has 0 aromatic carbocycles. The van der Waals surface area contributed by atoms with Crippen LogP contribution in [0.4, 0.5) is 5.82 Å². The average Bonchev–Trinajstić information content (AvgIpc) is 3.00. The fourth-order valence-electron chi connectivity index (χ4n) is 1.89. The number of hydrogen-bond acceptors (Lipinski definition) is 4. The lowest BCUT2D eigenvalue weighted by atomic mass is 10.5. The van der Waals surface area contributed by atoms with Crippen molar-refractivity contribution in [3.8, 4) is 0 Å². The van der Waals surface area contributed by atoms with Gasteiger partial charge in [0.15, 0.2) is 5.82 Å². The topological polar surface area (TPSA) is 81.2 Å². The van der Waals surface area contributed by atoms with E-state index in [4.69, 9.17) is 5.73 Å². The standard InChI is InChI=1S/C10H18N4O2S/c1-3-6-14(8-4-5-8)17(15,16)9-7-13(2)12-10(9)11/h7-8H,3-6H2,1-2H3,(H2,11,12). The van der Waals surface area contributed by atoms with E-state index >= 15 is 0 Å². The molecule has 0 radical (unpaired) electrons. The van der Waals surface area contributed by atoms with Crippen molar-refractivity contribution < 1.29 is 8.42 Å². The van der Waals surface area contributed by atoms with Gasteiger partial charge in [-0.2, -0.15) is 9.40 Å². The lowest BCUT2D eigenvalue weighted by molar-refractivity contribution is 0.403. The largest absolute Gasteiger partial charge is 0.381 e. The van der Waals surface area contributed by atoms with Crippen molar-refractivity contribution in [1.29, 1.82) is 0 Å². The summed E-state index contributed by atoms with van der Waals surface area (Å²) in [7, 11) is -1.82. The van der Waals surface area contributed by atoms with Crippen molar-refractivity contribution in [3.05, 3.63) is 6.20 Å². The van der Waals surface area contributed by atoms with Crippen molar-refractivity contribution >= 4 is 15.8 Å². The van der Waals surface area contributed by atoms with Gasteiger partial charge in [-0.25, -0.2) is 8.42 Å². The second-order valence-corrected chi connectivity index (χ2v) is 6.26. The van der Waals surface area contributed by atoms with E-state index in [1.54, 1.807) is 11.4 Å². The fourth-order valence-corrected chi connectivity index (χ4v) is 3.76. The molecular weight excluding hydrogens is 240 g/mol. The van der Waals surface area contributed by atoms with Gasteiger partial charge >= 0.3 is 0 Å². The highest BCUT2D eigenvalue weighted by atomic mass is 32.2. The summed E-state index contributed by atoms with van der Waals surface area (Å²) in [6, 6.07) is 0.152. The maximum absolute atomic E-state index is 12.4. The van der Waals surface area contributed by atoms with E-state index in [1.807, 2.05) is 6.92 Å². The molecule has 1 aromatic rings. The van der Waals surface area contributed by atoms with E-state index in [1.165, 1.54) is 10.9 Å². The van der Waals surface area contributed by atoms with Gasteiger partial charge in [-0.05, 0) is 19.3 Å². The van der Waals surface area contributed by atoms with Crippen molar-refractivity contribution in [2.24, 2.45) is 7.05 Å². The van der Waals surface area contributed by atoms with E-state index < -0.39 is 10.0 Å². The summed E-state index contributed by atoms with van der Waals surface area (Å²) in [6.45, 7) is 2.51. The third-order valence-corrected chi connectivity index (χ3v) is 4.78. The van der Waals surface area contributed by atoms with Crippen LogP contribution in [0, 0.1) is 0 Å². The number of anilines is 1. The maximum atomic E-state index is 12.4. The lowest BCUT2D eigenvalue weighted by Crippen LogP contribution is -2.34. The molecule has 17 heavy (non-hydrogen) atoms. The number of rotatable bonds is 5. The van der Waals surface area contributed by atoms with Gasteiger partial charge in [0, 0.05) is 25.8 Å². The van der Waals surface area contributed by atoms with Crippen LogP contribution in [-0.2, 0) is 17.1 Å². The van der Waals surface area contributed by atoms with Gasteiger partial charge in [0.25, 0.3) is 0 Å². The number of nitrogens with two attached hydrogens (primary N) is 1. The fraction of sp³-hybridized carbons (Fsp3) is 0.700. The van der Waals surface area contributed by atoms with Crippen LogP contribution in [0.25, 0.3) is 0 Å². The highest BCUT2D eigenvalue weighted by Crippen LogP contribution is 2.33. The van der Waals surface area contributed by atoms with E-state index in [0.717, 1.165) is 19.3 Å². The van der Waals surface area contributed by atoms with Gasteiger partial charge in [0.1, 0.15) is 4.90 Å². The summed E-state index contributed by atoms with van der Waals surface area (Å²) in [5.74, 6) is 0.0780. The van der Waals surface area contributed by atoms with Crippen LogP contribution in [0.2, 0.25) is 0 Å². The van der Waals surface area contributed by atoms with Crippen LogP contribution in [0.5, 0.6) is 0 Å². The van der Waals surface area contributed by atoms with Crippen molar-refractivity contribution in [2.75, 3.05) is 12.3 Å². The molecule has 1 aliphatic rings. The molecule has 1 fully saturated rings. The Morgan fingerprint density at radius 1 is 1.59 bits per heavy atom. The lowest BCUT2D eigenvalue weighted by Gasteiger charge is -2.20. The molecule has 2 N–H and O–H groups in total. The molecular formula is C10H18N4O2S. The zero-order chi connectivity index (χ0) is 12.6. The first-order valence-electron chi connectivity index (χ1n) is 5.77. The smallest absolute Gasteiger partial charge is 0.248 e. The Morgan fingerprint density at radius 3 is 2.65 bits per heavy atom. The number of nitrogen functional groups attached to an aromatic ring is 1. The minimum Gasteiger partial charge on any atom is -0.381 e. The van der Waals surface area contributed by atoms with Crippen LogP contribution in [0.15, 0.2) is 11.1 Å². The highest BCUT2D eigenvalue weighted by molar-refractivity contribution is 7.89. The van der Waals surface area contributed by atoms with E-state index in [2.05, 4.69) is 5.10 Å². The normalized spacial score (nSPS) is 16.6. The summed E-state index contributed by atoms with van der Waals surface area (Å²) in [6.07, 6.45) is 4.16. The summed E-state index contributed by atoms with van der Waals surface area (Å²) in [5.41, 5.74) is 5.64. The second-order valence-electron chi connectivity index (χ2n) is 4.40. The number of sulfonamides is 1. The quantitative estimate of drug-likeness (QED) is 0.837. The van der Waals surface area contributed by atoms with Gasteiger partial charge < -0.3 is 5.73 Å². The zero-order valence-electron chi connectivity index (χ0n) is 10.1. The molecule has 0 unspecified atom stereocenters. The molecule has 0 amide bonds. The molecule has 0 saturated heterocycles. The molecule has 7 heteroatoms. The molecule has 1 aliphatic carbocycles. The second kappa shape index (κ2) is 4.30. The predicted molar refractivity (Wildman–Crippen MR) is 64.8 cm³/mol. The van der Waals surface area contributed by atoms with Gasteiger partial charge in [0.05, 0.1) is 0 Å². The first-order chi connectivity index (χ1) is 7.96. The molecule has 1 aromatic heterocycles. The molecule has 0 spiro atoms. The summed E-state index contributed by atoms with van der Waals surface area (Å²) >= 11 is 0. The Balaban J connectivity index is 2.36. The van der Waals surface area contributed by atoms with Crippen molar-refractivity contribution in [1.82, 2.24) is 14.1 Å². The number of hydrogen-bond donors (Lipinski definition) is 1. The number of nitrogens with zero attached hydrogens (tertiary/aromatic N) is 3. The molecule has 1 heterocycles. The van der Waals surface area contributed by atoms with E-state index in [0.29, 0.717) is 6.54 Å². The van der Waals surface area contributed by atoms with Gasteiger partial charge in [-0.3, -0.25) is 4.68 Å². The molecule has 0 bridgehead atoms. The molecule has 0 atom stereocenters. The van der Waals surface area contributed by atoms with Crippen LogP contribution in [0.1, 0.15) is 26.2 Å². The molecule has 0 aliphatic heterocycles. The maximum Gasteiger partial charge on any atom is 0.248 e. The average molecular weight is 258 g/mol. The highest BCUT2D eigenvalue weighted by Gasteiger charge is 2.38. The third kappa shape index (κ3) is 2.30. The van der Waals surface area contributed by atoms with Gasteiger partial charge in [-0.15, -0.1) is 0 Å². The Bertz CT molecular complexity index is 504. The van der Waals surface area contributed by atoms with Crippen LogP contribution >= 0.6 is 0 Å². The first kappa shape index (κ1) is 12.4. The Labute approximate surface area is 101 Å². The predicted octanol–water partition coefficient (Wildman–Crippen LogP) is 0.565. The Morgan fingerprint density at radius 2 is 2.24 bits per heavy atom. The summed E-state index contributed by atoms with van der Waals surface area (Å²) < 4.78 is 27.8. The number of aryl methyl sites for hydroxylation is 1. The minimum atomic E-state index is -3.48. The van der Waals surface area contributed by atoms with Gasteiger partial charge in [-0.1, -0.05) is 6.92 Å². The van der Waals surface area contributed by atoms with E-state index in [9.17, 15) is 8.42 Å². The molecule has 1 saturated carbocycles.